The first-order chi connectivity index (χ1) is 8.56. The first kappa shape index (κ1) is 13.4. The van der Waals surface area contributed by atoms with Crippen molar-refractivity contribution in [1.29, 1.82) is 0 Å². The van der Waals surface area contributed by atoms with Gasteiger partial charge in [0.25, 0.3) is 5.56 Å². The number of aryl methyl sites for hydroxylation is 2. The topological polar surface area (TPSA) is 53.1 Å². The summed E-state index contributed by atoms with van der Waals surface area (Å²) in [6.45, 7) is 3.86. The highest BCUT2D eigenvalue weighted by atomic mass is 35.5. The second-order valence-electron chi connectivity index (χ2n) is 4.69. The molecule has 0 radical (unpaired) electrons. The van der Waals surface area contributed by atoms with E-state index in [1.165, 1.54) is 0 Å². The fourth-order valence-corrected chi connectivity index (χ4v) is 2.41. The predicted molar refractivity (Wildman–Crippen MR) is 80.5 cm³/mol. The molecule has 3 aromatic rings. The molecule has 0 spiro atoms. The van der Waals surface area contributed by atoms with Crippen LogP contribution in [0.1, 0.15) is 11.1 Å². The van der Waals surface area contributed by atoms with Crippen molar-refractivity contribution in [2.24, 2.45) is 0 Å². The molecule has 2 aromatic carbocycles. The largest absolute Gasteiger partial charge is 0.508 e. The van der Waals surface area contributed by atoms with Crippen LogP contribution in [0.4, 0.5) is 0 Å². The van der Waals surface area contributed by atoms with Crippen molar-refractivity contribution in [1.82, 2.24) is 4.98 Å². The lowest BCUT2D eigenvalue weighted by atomic mass is 10.0. The Morgan fingerprint density at radius 3 is 2.47 bits per heavy atom. The number of nitrogens with one attached hydrogen (secondary N) is 1. The van der Waals surface area contributed by atoms with Crippen LogP contribution in [-0.4, -0.2) is 10.1 Å². The second kappa shape index (κ2) is 4.59. The molecule has 0 aliphatic heterocycles. The SMILES string of the molecule is Cc1ccc2c(=O)[nH]c3c(C)cc(O)cc3c2c1.Cl. The number of benzene rings is 2. The van der Waals surface area contributed by atoms with E-state index < -0.39 is 0 Å². The number of halogens is 1. The molecule has 4 heteroatoms. The van der Waals surface area contributed by atoms with Gasteiger partial charge in [-0.25, -0.2) is 0 Å². The van der Waals surface area contributed by atoms with Crippen LogP contribution in [0.3, 0.4) is 0 Å². The first-order valence-corrected chi connectivity index (χ1v) is 5.82. The van der Waals surface area contributed by atoms with Gasteiger partial charge >= 0.3 is 0 Å². The summed E-state index contributed by atoms with van der Waals surface area (Å²) in [5.74, 6) is 0.217. The Balaban J connectivity index is 0.00000133. The van der Waals surface area contributed by atoms with Gasteiger partial charge < -0.3 is 10.1 Å². The lowest BCUT2D eigenvalue weighted by Crippen LogP contribution is -2.07. The van der Waals surface area contributed by atoms with E-state index >= 15 is 0 Å². The summed E-state index contributed by atoms with van der Waals surface area (Å²) in [5, 5.41) is 12.1. The van der Waals surface area contributed by atoms with Crippen LogP contribution in [0, 0.1) is 13.8 Å². The normalized spacial score (nSPS) is 10.6. The number of aromatic hydroxyl groups is 1. The van der Waals surface area contributed by atoms with Crippen LogP contribution in [0.5, 0.6) is 5.75 Å². The number of phenols is 1. The summed E-state index contributed by atoms with van der Waals surface area (Å²) in [6.07, 6.45) is 0. The number of hydrogen-bond donors (Lipinski definition) is 2. The zero-order valence-corrected chi connectivity index (χ0v) is 11.5. The zero-order valence-electron chi connectivity index (χ0n) is 10.7. The van der Waals surface area contributed by atoms with E-state index in [1.807, 2.05) is 32.0 Å². The van der Waals surface area contributed by atoms with Gasteiger partial charge in [-0.15, -0.1) is 12.4 Å². The third-order valence-electron chi connectivity index (χ3n) is 3.27. The molecule has 0 amide bonds. The highest BCUT2D eigenvalue weighted by Crippen LogP contribution is 2.28. The Kier molecular flexibility index (Phi) is 3.25. The molecule has 98 valence electrons. The monoisotopic (exact) mass is 275 g/mol. The minimum atomic E-state index is -0.0914. The minimum absolute atomic E-state index is 0. The van der Waals surface area contributed by atoms with E-state index in [-0.39, 0.29) is 23.7 Å². The minimum Gasteiger partial charge on any atom is -0.508 e. The Labute approximate surface area is 116 Å². The molecule has 1 heterocycles. The lowest BCUT2D eigenvalue weighted by molar-refractivity contribution is 0.476. The van der Waals surface area contributed by atoms with Crippen molar-refractivity contribution in [3.8, 4) is 5.75 Å². The van der Waals surface area contributed by atoms with Gasteiger partial charge in [-0.1, -0.05) is 17.7 Å². The molecule has 0 unspecified atom stereocenters. The van der Waals surface area contributed by atoms with Crippen LogP contribution in [0.2, 0.25) is 0 Å². The molecular formula is C15H14ClNO2. The summed E-state index contributed by atoms with van der Waals surface area (Å²) < 4.78 is 0. The average Bonchev–Trinajstić information content (AvgIpc) is 2.31. The maximum atomic E-state index is 12.0. The van der Waals surface area contributed by atoms with Gasteiger partial charge in [0.05, 0.1) is 5.52 Å². The smallest absolute Gasteiger partial charge is 0.256 e. The molecule has 3 nitrogen and oxygen atoms in total. The van der Waals surface area contributed by atoms with E-state index in [4.69, 9.17) is 0 Å². The Bertz CT molecular complexity index is 837. The summed E-state index contributed by atoms with van der Waals surface area (Å²) in [7, 11) is 0. The van der Waals surface area contributed by atoms with Gasteiger partial charge in [0, 0.05) is 10.8 Å². The Hall–Kier alpha value is -2.00. The Morgan fingerprint density at radius 2 is 1.74 bits per heavy atom. The Morgan fingerprint density at radius 1 is 1.00 bits per heavy atom. The van der Waals surface area contributed by atoms with Gasteiger partial charge in [-0.3, -0.25) is 4.79 Å². The van der Waals surface area contributed by atoms with Crippen LogP contribution < -0.4 is 5.56 Å². The first-order valence-electron chi connectivity index (χ1n) is 5.82. The van der Waals surface area contributed by atoms with Gasteiger partial charge in [-0.05, 0) is 43.0 Å². The third-order valence-corrected chi connectivity index (χ3v) is 3.27. The molecule has 3 rings (SSSR count). The lowest BCUT2D eigenvalue weighted by Gasteiger charge is -2.07. The van der Waals surface area contributed by atoms with Crippen LogP contribution in [-0.2, 0) is 0 Å². The van der Waals surface area contributed by atoms with Crippen molar-refractivity contribution in [2.75, 3.05) is 0 Å². The number of rotatable bonds is 0. The van der Waals surface area contributed by atoms with Crippen LogP contribution >= 0.6 is 12.4 Å². The zero-order chi connectivity index (χ0) is 12.9. The fourth-order valence-electron chi connectivity index (χ4n) is 2.41. The maximum Gasteiger partial charge on any atom is 0.256 e. The van der Waals surface area contributed by atoms with Gasteiger partial charge in [0.2, 0.25) is 0 Å². The van der Waals surface area contributed by atoms with Crippen molar-refractivity contribution in [3.63, 3.8) is 0 Å². The molecule has 0 aliphatic carbocycles. The van der Waals surface area contributed by atoms with Gasteiger partial charge in [-0.2, -0.15) is 0 Å². The summed E-state index contributed by atoms with van der Waals surface area (Å²) in [5.41, 5.74) is 2.66. The quantitative estimate of drug-likeness (QED) is 0.618. The van der Waals surface area contributed by atoms with Crippen molar-refractivity contribution < 1.29 is 5.11 Å². The van der Waals surface area contributed by atoms with Crippen molar-refractivity contribution in [2.45, 2.75) is 13.8 Å². The molecule has 0 bridgehead atoms. The second-order valence-corrected chi connectivity index (χ2v) is 4.69. The molecular weight excluding hydrogens is 262 g/mol. The average molecular weight is 276 g/mol. The number of hydrogen-bond acceptors (Lipinski definition) is 2. The van der Waals surface area contributed by atoms with E-state index in [9.17, 15) is 9.90 Å². The summed E-state index contributed by atoms with van der Waals surface area (Å²) in [4.78, 5) is 14.9. The molecule has 0 aliphatic rings. The molecule has 0 saturated carbocycles. The van der Waals surface area contributed by atoms with Gasteiger partial charge in [0.15, 0.2) is 0 Å². The number of aromatic nitrogens is 1. The summed E-state index contributed by atoms with van der Waals surface area (Å²) in [6, 6.07) is 9.06. The highest BCUT2D eigenvalue weighted by molar-refractivity contribution is 6.06. The molecule has 19 heavy (non-hydrogen) atoms. The van der Waals surface area contributed by atoms with Crippen molar-refractivity contribution in [3.05, 3.63) is 51.8 Å². The van der Waals surface area contributed by atoms with E-state index in [2.05, 4.69) is 4.98 Å². The highest BCUT2D eigenvalue weighted by Gasteiger charge is 2.08. The van der Waals surface area contributed by atoms with E-state index in [0.717, 1.165) is 27.4 Å². The number of fused-ring (bicyclic) bond motifs is 3. The van der Waals surface area contributed by atoms with Crippen LogP contribution in [0.15, 0.2) is 35.1 Å². The predicted octanol–water partition coefficient (Wildman–Crippen LogP) is 3.43. The molecule has 0 fully saturated rings. The molecule has 0 saturated heterocycles. The van der Waals surface area contributed by atoms with E-state index in [0.29, 0.717) is 5.39 Å². The maximum absolute atomic E-state index is 12.0. The number of H-pyrrole nitrogens is 1. The van der Waals surface area contributed by atoms with Crippen LogP contribution in [0.25, 0.3) is 21.7 Å². The van der Waals surface area contributed by atoms with Crippen molar-refractivity contribution >= 4 is 34.1 Å². The van der Waals surface area contributed by atoms with E-state index in [1.54, 1.807) is 12.1 Å². The number of phenolic OH excluding ortho intramolecular Hbond substituents is 1. The summed E-state index contributed by atoms with van der Waals surface area (Å²) >= 11 is 0. The fraction of sp³-hybridized carbons (Fsp3) is 0.133. The third kappa shape index (κ3) is 2.06. The van der Waals surface area contributed by atoms with Gasteiger partial charge in [0.1, 0.15) is 5.75 Å². The number of aromatic amines is 1. The molecule has 1 aromatic heterocycles. The molecule has 2 N–H and O–H groups in total. The standard InChI is InChI=1S/C15H13NO2.ClH/c1-8-3-4-11-12(5-8)13-7-10(17)6-9(2)14(13)16-15(11)18;/h3-7,17H,1-2H3,(H,16,18);1H. The molecule has 0 atom stereocenters. The number of pyridine rings is 1.